The van der Waals surface area contributed by atoms with Crippen molar-refractivity contribution < 1.29 is 4.79 Å². The third-order valence-corrected chi connectivity index (χ3v) is 3.06. The number of rotatable bonds is 2. The van der Waals surface area contributed by atoms with Crippen LogP contribution in [0.15, 0.2) is 41.0 Å². The summed E-state index contributed by atoms with van der Waals surface area (Å²) in [6, 6.07) is 8.64. The van der Waals surface area contributed by atoms with E-state index in [1.807, 2.05) is 6.92 Å². The standard InChI is InChI=1S/C13H12BrN3O/c1-8-6-9(4-5-16-8)13(18)17-12-3-2-10(15)7-11(12)14/h2-7H,15H2,1H3,(H,17,18). The molecule has 92 valence electrons. The molecule has 0 unspecified atom stereocenters. The number of halogens is 1. The van der Waals surface area contributed by atoms with Gasteiger partial charge in [-0.1, -0.05) is 0 Å². The van der Waals surface area contributed by atoms with Gasteiger partial charge in [-0.15, -0.1) is 0 Å². The van der Waals surface area contributed by atoms with Gasteiger partial charge in [-0.25, -0.2) is 0 Å². The SMILES string of the molecule is Cc1cc(C(=O)Nc2ccc(N)cc2Br)ccn1. The first-order chi connectivity index (χ1) is 8.56. The largest absolute Gasteiger partial charge is 0.399 e. The summed E-state index contributed by atoms with van der Waals surface area (Å²) < 4.78 is 0.752. The minimum Gasteiger partial charge on any atom is -0.399 e. The van der Waals surface area contributed by atoms with Crippen molar-refractivity contribution in [3.8, 4) is 0 Å². The maximum Gasteiger partial charge on any atom is 0.255 e. The van der Waals surface area contributed by atoms with Gasteiger partial charge < -0.3 is 11.1 Å². The van der Waals surface area contributed by atoms with E-state index in [0.29, 0.717) is 16.9 Å². The fourth-order valence-electron chi connectivity index (χ4n) is 1.51. The third kappa shape index (κ3) is 2.87. The van der Waals surface area contributed by atoms with E-state index >= 15 is 0 Å². The first-order valence-electron chi connectivity index (χ1n) is 5.35. The number of nitrogens with one attached hydrogen (secondary N) is 1. The molecule has 5 heteroatoms. The number of carbonyl (C=O) groups is 1. The summed E-state index contributed by atoms with van der Waals surface area (Å²) >= 11 is 3.36. The third-order valence-electron chi connectivity index (χ3n) is 2.40. The van der Waals surface area contributed by atoms with Crippen LogP contribution in [0.4, 0.5) is 11.4 Å². The molecule has 1 aromatic heterocycles. The number of hydrogen-bond acceptors (Lipinski definition) is 3. The number of aryl methyl sites for hydroxylation is 1. The molecule has 1 aromatic carbocycles. The Morgan fingerprint density at radius 2 is 2.11 bits per heavy atom. The topological polar surface area (TPSA) is 68.0 Å². The number of carbonyl (C=O) groups excluding carboxylic acids is 1. The maximum absolute atomic E-state index is 12.0. The van der Waals surface area contributed by atoms with Crippen molar-refractivity contribution >= 4 is 33.2 Å². The molecule has 2 aromatic rings. The summed E-state index contributed by atoms with van der Waals surface area (Å²) in [5.74, 6) is -0.175. The molecule has 2 rings (SSSR count). The van der Waals surface area contributed by atoms with Gasteiger partial charge in [0.05, 0.1) is 5.69 Å². The quantitative estimate of drug-likeness (QED) is 0.838. The summed E-state index contributed by atoms with van der Waals surface area (Å²) in [4.78, 5) is 16.1. The fraction of sp³-hybridized carbons (Fsp3) is 0.0769. The zero-order valence-electron chi connectivity index (χ0n) is 9.77. The molecular formula is C13H12BrN3O. The molecule has 18 heavy (non-hydrogen) atoms. The van der Waals surface area contributed by atoms with Crippen LogP contribution in [0.1, 0.15) is 16.1 Å². The predicted octanol–water partition coefficient (Wildman–Crippen LogP) is 2.99. The second kappa shape index (κ2) is 5.18. The minimum absolute atomic E-state index is 0.175. The van der Waals surface area contributed by atoms with Gasteiger partial charge in [0.2, 0.25) is 0 Å². The highest BCUT2D eigenvalue weighted by Gasteiger charge is 2.08. The lowest BCUT2D eigenvalue weighted by Crippen LogP contribution is -2.12. The summed E-state index contributed by atoms with van der Waals surface area (Å²) in [6.45, 7) is 1.84. The molecule has 0 fully saturated rings. The second-order valence-electron chi connectivity index (χ2n) is 3.88. The van der Waals surface area contributed by atoms with E-state index in [1.165, 1.54) is 0 Å². The van der Waals surface area contributed by atoms with Crippen molar-refractivity contribution in [2.75, 3.05) is 11.1 Å². The number of aromatic nitrogens is 1. The van der Waals surface area contributed by atoms with Crippen LogP contribution in [0.2, 0.25) is 0 Å². The summed E-state index contributed by atoms with van der Waals surface area (Å²) in [5.41, 5.74) is 8.34. The van der Waals surface area contributed by atoms with Crippen LogP contribution in [0.5, 0.6) is 0 Å². The van der Waals surface area contributed by atoms with Crippen LogP contribution < -0.4 is 11.1 Å². The van der Waals surface area contributed by atoms with Gasteiger partial charge in [0, 0.05) is 27.6 Å². The molecule has 0 atom stereocenters. The zero-order chi connectivity index (χ0) is 13.1. The van der Waals surface area contributed by atoms with Crippen LogP contribution in [0.3, 0.4) is 0 Å². The van der Waals surface area contributed by atoms with E-state index in [1.54, 1.807) is 36.5 Å². The molecule has 0 saturated heterocycles. The summed E-state index contributed by atoms with van der Waals surface area (Å²) in [6.07, 6.45) is 1.61. The number of benzene rings is 1. The van der Waals surface area contributed by atoms with Crippen LogP contribution in [0.25, 0.3) is 0 Å². The number of amides is 1. The lowest BCUT2D eigenvalue weighted by molar-refractivity contribution is 0.102. The number of nitrogens with zero attached hydrogens (tertiary/aromatic N) is 1. The van der Waals surface area contributed by atoms with E-state index in [2.05, 4.69) is 26.2 Å². The van der Waals surface area contributed by atoms with Crippen LogP contribution in [-0.2, 0) is 0 Å². The van der Waals surface area contributed by atoms with Gasteiger partial charge in [-0.05, 0) is 53.2 Å². The summed E-state index contributed by atoms with van der Waals surface area (Å²) in [5, 5.41) is 2.81. The van der Waals surface area contributed by atoms with Crippen molar-refractivity contribution in [1.29, 1.82) is 0 Å². The number of anilines is 2. The van der Waals surface area contributed by atoms with Gasteiger partial charge in [-0.2, -0.15) is 0 Å². The Morgan fingerprint density at radius 1 is 1.33 bits per heavy atom. The van der Waals surface area contributed by atoms with E-state index in [0.717, 1.165) is 10.2 Å². The van der Waals surface area contributed by atoms with Crippen molar-refractivity contribution in [2.45, 2.75) is 6.92 Å². The second-order valence-corrected chi connectivity index (χ2v) is 4.73. The predicted molar refractivity (Wildman–Crippen MR) is 75.5 cm³/mol. The Bertz CT molecular complexity index is 599. The highest BCUT2D eigenvalue weighted by molar-refractivity contribution is 9.10. The maximum atomic E-state index is 12.0. The van der Waals surface area contributed by atoms with Gasteiger partial charge in [0.15, 0.2) is 0 Å². The molecule has 1 heterocycles. The number of nitrogen functional groups attached to an aromatic ring is 1. The highest BCUT2D eigenvalue weighted by Crippen LogP contribution is 2.25. The normalized spacial score (nSPS) is 10.1. The van der Waals surface area contributed by atoms with Crippen LogP contribution in [0, 0.1) is 6.92 Å². The molecule has 1 amide bonds. The van der Waals surface area contributed by atoms with Crippen LogP contribution >= 0.6 is 15.9 Å². The summed E-state index contributed by atoms with van der Waals surface area (Å²) in [7, 11) is 0. The van der Waals surface area contributed by atoms with Gasteiger partial charge in [0.25, 0.3) is 5.91 Å². The fourth-order valence-corrected chi connectivity index (χ4v) is 2.01. The first-order valence-corrected chi connectivity index (χ1v) is 6.14. The molecule has 0 saturated carbocycles. The Hall–Kier alpha value is -1.88. The number of hydrogen-bond donors (Lipinski definition) is 2. The molecule has 0 aliphatic rings. The molecule has 0 aliphatic carbocycles. The van der Waals surface area contributed by atoms with Gasteiger partial charge >= 0.3 is 0 Å². The Balaban J connectivity index is 2.21. The molecule has 0 aliphatic heterocycles. The average Bonchev–Trinajstić information content (AvgIpc) is 2.32. The number of nitrogens with two attached hydrogens (primary N) is 1. The minimum atomic E-state index is -0.175. The van der Waals surface area contributed by atoms with Gasteiger partial charge in [-0.3, -0.25) is 9.78 Å². The average molecular weight is 306 g/mol. The Kier molecular flexibility index (Phi) is 3.62. The lowest BCUT2D eigenvalue weighted by atomic mass is 10.2. The van der Waals surface area contributed by atoms with Crippen molar-refractivity contribution in [2.24, 2.45) is 0 Å². The molecular weight excluding hydrogens is 294 g/mol. The van der Waals surface area contributed by atoms with E-state index in [4.69, 9.17) is 5.73 Å². The molecule has 4 nitrogen and oxygen atoms in total. The van der Waals surface area contributed by atoms with E-state index in [-0.39, 0.29) is 5.91 Å². The molecule has 0 spiro atoms. The highest BCUT2D eigenvalue weighted by atomic mass is 79.9. The smallest absolute Gasteiger partial charge is 0.255 e. The zero-order valence-corrected chi connectivity index (χ0v) is 11.4. The molecule has 3 N–H and O–H groups in total. The van der Waals surface area contributed by atoms with Crippen molar-refractivity contribution in [1.82, 2.24) is 4.98 Å². The van der Waals surface area contributed by atoms with Crippen molar-refractivity contribution in [3.63, 3.8) is 0 Å². The first kappa shape index (κ1) is 12.6. The Morgan fingerprint density at radius 3 is 2.78 bits per heavy atom. The Labute approximate surface area is 113 Å². The van der Waals surface area contributed by atoms with Crippen LogP contribution in [-0.4, -0.2) is 10.9 Å². The van der Waals surface area contributed by atoms with E-state index < -0.39 is 0 Å². The monoisotopic (exact) mass is 305 g/mol. The molecule has 0 bridgehead atoms. The van der Waals surface area contributed by atoms with E-state index in [9.17, 15) is 4.79 Å². The lowest BCUT2D eigenvalue weighted by Gasteiger charge is -2.08. The number of pyridine rings is 1. The van der Waals surface area contributed by atoms with Crippen molar-refractivity contribution in [3.05, 3.63) is 52.3 Å². The molecule has 0 radical (unpaired) electrons. The van der Waals surface area contributed by atoms with Gasteiger partial charge in [0.1, 0.15) is 0 Å².